The predicted molar refractivity (Wildman–Crippen MR) is 33.5 cm³/mol. The minimum absolute atomic E-state index is 0.192. The van der Waals surface area contributed by atoms with Crippen molar-refractivity contribution in [3.63, 3.8) is 0 Å². The first kappa shape index (κ1) is 8.86. The lowest BCUT2D eigenvalue weighted by atomic mass is 9.88. The Balaban J connectivity index is 2.63. The van der Waals surface area contributed by atoms with E-state index < -0.39 is 30.6 Å². The summed E-state index contributed by atoms with van der Waals surface area (Å²) >= 11 is 0. The zero-order valence-electron chi connectivity index (χ0n) is 5.76. The molecule has 66 valence electrons. The smallest absolute Gasteiger partial charge is 0.157 e. The topological polar surface area (TPSA) is 80.9 Å². The van der Waals surface area contributed by atoms with Crippen molar-refractivity contribution in [2.45, 2.75) is 37.0 Å². The van der Waals surface area contributed by atoms with Crippen LogP contribution >= 0.6 is 0 Å². The van der Waals surface area contributed by atoms with Gasteiger partial charge in [0.1, 0.15) is 12.2 Å². The predicted octanol–water partition coefficient (Wildman–Crippen LogP) is -1.83. The lowest BCUT2D eigenvalue weighted by Gasteiger charge is -2.34. The fourth-order valence-corrected chi connectivity index (χ4v) is 1.15. The van der Waals surface area contributed by atoms with E-state index in [0.29, 0.717) is 0 Å². The molecular formula is C6H11FO4. The average molecular weight is 166 g/mol. The highest BCUT2D eigenvalue weighted by Crippen LogP contribution is 2.22. The van der Waals surface area contributed by atoms with Crippen LogP contribution in [0.5, 0.6) is 0 Å². The quantitative estimate of drug-likeness (QED) is 0.341. The Kier molecular flexibility index (Phi) is 2.43. The van der Waals surface area contributed by atoms with Crippen LogP contribution in [0.2, 0.25) is 0 Å². The molecule has 1 rings (SSSR count). The normalized spacial score (nSPS) is 52.6. The highest BCUT2D eigenvalue weighted by molar-refractivity contribution is 4.92. The Bertz CT molecular complexity index is 129. The van der Waals surface area contributed by atoms with Crippen LogP contribution in [-0.4, -0.2) is 51.0 Å². The summed E-state index contributed by atoms with van der Waals surface area (Å²) in [6, 6.07) is 0. The summed E-state index contributed by atoms with van der Waals surface area (Å²) in [5.41, 5.74) is 0. The van der Waals surface area contributed by atoms with Gasteiger partial charge in [0.15, 0.2) is 6.17 Å². The number of hydrogen-bond acceptors (Lipinski definition) is 4. The maximum Gasteiger partial charge on any atom is 0.157 e. The van der Waals surface area contributed by atoms with Crippen LogP contribution in [-0.2, 0) is 0 Å². The molecular weight excluding hydrogens is 155 g/mol. The van der Waals surface area contributed by atoms with Crippen molar-refractivity contribution in [3.05, 3.63) is 0 Å². The molecule has 0 aliphatic heterocycles. The molecule has 0 amide bonds. The second-order valence-corrected chi connectivity index (χ2v) is 2.80. The van der Waals surface area contributed by atoms with Crippen molar-refractivity contribution in [2.75, 3.05) is 0 Å². The molecule has 0 heterocycles. The fraction of sp³-hybridized carbons (Fsp3) is 1.00. The van der Waals surface area contributed by atoms with Gasteiger partial charge in [-0.15, -0.1) is 0 Å². The highest BCUT2D eigenvalue weighted by atomic mass is 19.1. The summed E-state index contributed by atoms with van der Waals surface area (Å²) in [4.78, 5) is 0. The molecule has 1 aliphatic rings. The van der Waals surface area contributed by atoms with Gasteiger partial charge in [-0.3, -0.25) is 0 Å². The van der Waals surface area contributed by atoms with E-state index in [2.05, 4.69) is 0 Å². The van der Waals surface area contributed by atoms with Gasteiger partial charge < -0.3 is 20.4 Å². The van der Waals surface area contributed by atoms with E-state index in [1.807, 2.05) is 0 Å². The minimum atomic E-state index is -1.96. The van der Waals surface area contributed by atoms with Crippen LogP contribution in [0.15, 0.2) is 0 Å². The second kappa shape index (κ2) is 3.02. The number of halogens is 1. The first-order valence-corrected chi connectivity index (χ1v) is 3.40. The van der Waals surface area contributed by atoms with Crippen LogP contribution in [0.4, 0.5) is 4.39 Å². The first-order valence-electron chi connectivity index (χ1n) is 3.40. The van der Waals surface area contributed by atoms with Gasteiger partial charge in [-0.1, -0.05) is 0 Å². The van der Waals surface area contributed by atoms with Crippen molar-refractivity contribution in [1.29, 1.82) is 0 Å². The zero-order valence-corrected chi connectivity index (χ0v) is 5.76. The summed E-state index contributed by atoms with van der Waals surface area (Å²) in [6.07, 6.45) is -7.91. The van der Waals surface area contributed by atoms with Crippen LogP contribution in [0, 0.1) is 0 Å². The monoisotopic (exact) mass is 166 g/mol. The Morgan fingerprint density at radius 2 is 1.27 bits per heavy atom. The number of aliphatic hydroxyl groups excluding tert-OH is 4. The van der Waals surface area contributed by atoms with Gasteiger partial charge >= 0.3 is 0 Å². The molecule has 0 spiro atoms. The molecule has 4 nitrogen and oxygen atoms in total. The van der Waals surface area contributed by atoms with E-state index in [-0.39, 0.29) is 6.42 Å². The standard InChI is InChI=1S/C6H11FO4/c7-4-5(10)2(8)1-3(9)6(4)11/h2-6,8-11H,1H2/t2-,3+,4?,5-,6-/m0/s1. The lowest BCUT2D eigenvalue weighted by Crippen LogP contribution is -2.53. The molecule has 0 radical (unpaired) electrons. The average Bonchev–Trinajstić information content (AvgIpc) is 1.97. The Labute approximate surface area is 62.9 Å². The van der Waals surface area contributed by atoms with Crippen molar-refractivity contribution in [3.8, 4) is 0 Å². The summed E-state index contributed by atoms with van der Waals surface area (Å²) in [7, 11) is 0. The molecule has 1 unspecified atom stereocenters. The van der Waals surface area contributed by atoms with Gasteiger partial charge in [0.05, 0.1) is 12.2 Å². The number of hydrogen-bond donors (Lipinski definition) is 4. The molecule has 0 aromatic carbocycles. The fourth-order valence-electron chi connectivity index (χ4n) is 1.15. The molecule has 4 N–H and O–H groups in total. The van der Waals surface area contributed by atoms with Gasteiger partial charge in [-0.25, -0.2) is 4.39 Å². The Hall–Kier alpha value is -0.230. The molecule has 5 atom stereocenters. The van der Waals surface area contributed by atoms with Crippen molar-refractivity contribution in [1.82, 2.24) is 0 Å². The maximum atomic E-state index is 12.7. The Morgan fingerprint density at radius 1 is 0.909 bits per heavy atom. The van der Waals surface area contributed by atoms with Gasteiger partial charge in [0, 0.05) is 6.42 Å². The van der Waals surface area contributed by atoms with Crippen molar-refractivity contribution in [2.24, 2.45) is 0 Å². The summed E-state index contributed by atoms with van der Waals surface area (Å²) in [6.45, 7) is 0. The molecule has 1 fully saturated rings. The molecule has 1 aliphatic carbocycles. The molecule has 5 heteroatoms. The largest absolute Gasteiger partial charge is 0.390 e. The number of rotatable bonds is 0. The third-order valence-corrected chi connectivity index (χ3v) is 1.92. The van der Waals surface area contributed by atoms with E-state index in [4.69, 9.17) is 20.4 Å². The highest BCUT2D eigenvalue weighted by Gasteiger charge is 2.42. The van der Waals surface area contributed by atoms with Gasteiger partial charge in [-0.2, -0.15) is 0 Å². The first-order chi connectivity index (χ1) is 5.04. The van der Waals surface area contributed by atoms with Gasteiger partial charge in [0.2, 0.25) is 0 Å². The molecule has 0 aromatic rings. The van der Waals surface area contributed by atoms with Crippen LogP contribution < -0.4 is 0 Å². The van der Waals surface area contributed by atoms with Crippen LogP contribution in [0.25, 0.3) is 0 Å². The molecule has 0 bridgehead atoms. The van der Waals surface area contributed by atoms with E-state index >= 15 is 0 Å². The van der Waals surface area contributed by atoms with Crippen LogP contribution in [0.3, 0.4) is 0 Å². The molecule has 11 heavy (non-hydrogen) atoms. The SMILES string of the molecule is O[C@@H]1C[C@H](O)[C@H](O)C(F)[C@H]1O. The van der Waals surface area contributed by atoms with Crippen molar-refractivity contribution >= 4 is 0 Å². The Morgan fingerprint density at radius 3 is 1.64 bits per heavy atom. The number of alkyl halides is 1. The van der Waals surface area contributed by atoms with E-state index in [9.17, 15) is 4.39 Å². The van der Waals surface area contributed by atoms with Gasteiger partial charge in [-0.05, 0) is 0 Å². The minimum Gasteiger partial charge on any atom is -0.390 e. The summed E-state index contributed by atoms with van der Waals surface area (Å²) in [5.74, 6) is 0. The maximum absolute atomic E-state index is 12.7. The summed E-state index contributed by atoms with van der Waals surface area (Å²) in [5, 5.41) is 35.4. The number of aliphatic hydroxyl groups is 4. The van der Waals surface area contributed by atoms with E-state index in [0.717, 1.165) is 0 Å². The molecule has 0 aromatic heterocycles. The lowest BCUT2D eigenvalue weighted by molar-refractivity contribution is -0.152. The molecule has 0 saturated heterocycles. The van der Waals surface area contributed by atoms with E-state index in [1.165, 1.54) is 0 Å². The third-order valence-electron chi connectivity index (χ3n) is 1.92. The third kappa shape index (κ3) is 1.51. The van der Waals surface area contributed by atoms with Gasteiger partial charge in [0.25, 0.3) is 0 Å². The summed E-state index contributed by atoms with van der Waals surface area (Å²) < 4.78 is 12.7. The zero-order chi connectivity index (χ0) is 8.59. The van der Waals surface area contributed by atoms with Crippen LogP contribution in [0.1, 0.15) is 6.42 Å². The molecule has 1 saturated carbocycles. The van der Waals surface area contributed by atoms with E-state index in [1.54, 1.807) is 0 Å². The van der Waals surface area contributed by atoms with Crippen molar-refractivity contribution < 1.29 is 24.8 Å². The second-order valence-electron chi connectivity index (χ2n) is 2.80.